The molecular formula is C14H11N5O3. The number of aromatic nitrogens is 2. The van der Waals surface area contributed by atoms with Crippen molar-refractivity contribution in [1.82, 2.24) is 20.6 Å². The van der Waals surface area contributed by atoms with Crippen LogP contribution < -0.4 is 16.0 Å². The van der Waals surface area contributed by atoms with Gasteiger partial charge in [0.05, 0.1) is 6.20 Å². The largest absolute Gasteiger partial charge is 0.322 e. The molecule has 1 unspecified atom stereocenters. The molecule has 1 aliphatic rings. The highest BCUT2D eigenvalue weighted by Gasteiger charge is 2.30. The van der Waals surface area contributed by atoms with E-state index in [1.807, 2.05) is 0 Å². The Morgan fingerprint density at radius 2 is 1.91 bits per heavy atom. The molecule has 2 heterocycles. The van der Waals surface area contributed by atoms with Crippen LogP contribution in [-0.4, -0.2) is 27.8 Å². The normalized spacial score (nSPS) is 16.8. The van der Waals surface area contributed by atoms with E-state index in [0.29, 0.717) is 11.3 Å². The Morgan fingerprint density at radius 1 is 1.14 bits per heavy atom. The molecule has 0 saturated carbocycles. The summed E-state index contributed by atoms with van der Waals surface area (Å²) < 4.78 is 0. The monoisotopic (exact) mass is 297 g/mol. The molecule has 2 aromatic rings. The molecule has 3 N–H and O–H groups in total. The zero-order chi connectivity index (χ0) is 15.5. The van der Waals surface area contributed by atoms with Gasteiger partial charge in [0.15, 0.2) is 0 Å². The van der Waals surface area contributed by atoms with Crippen molar-refractivity contribution < 1.29 is 14.4 Å². The summed E-state index contributed by atoms with van der Waals surface area (Å²) in [5, 5.41) is 7.33. The lowest BCUT2D eigenvalue weighted by atomic mass is 10.1. The fraction of sp³-hybridized carbons (Fsp3) is 0.0714. The highest BCUT2D eigenvalue weighted by molar-refractivity contribution is 6.05. The number of amides is 4. The third-order valence-corrected chi connectivity index (χ3v) is 3.07. The molecule has 0 spiro atoms. The Bertz CT molecular complexity index is 730. The maximum atomic E-state index is 11.9. The van der Waals surface area contributed by atoms with Gasteiger partial charge in [-0.3, -0.25) is 19.9 Å². The summed E-state index contributed by atoms with van der Waals surface area (Å²) in [6, 6.07) is 5.36. The summed E-state index contributed by atoms with van der Waals surface area (Å²) in [7, 11) is 0. The van der Waals surface area contributed by atoms with Crippen LogP contribution in [-0.2, 0) is 4.79 Å². The van der Waals surface area contributed by atoms with E-state index in [0.717, 1.165) is 0 Å². The zero-order valence-corrected chi connectivity index (χ0v) is 11.2. The predicted octanol–water partition coefficient (Wildman–Crippen LogP) is 0.609. The lowest BCUT2D eigenvalue weighted by Gasteiger charge is -2.09. The van der Waals surface area contributed by atoms with Gasteiger partial charge in [-0.15, -0.1) is 0 Å². The molecule has 0 aliphatic carbocycles. The molecule has 1 aromatic heterocycles. The Morgan fingerprint density at radius 3 is 2.50 bits per heavy atom. The van der Waals surface area contributed by atoms with Crippen LogP contribution in [0, 0.1) is 0 Å². The standard InChI is InChI=1S/C14H11N5O3/c20-12(10-7-15-5-6-16-10)17-9-3-1-8(2-4-9)11-13(21)19-14(22)18-11/h1-7,11H,(H,17,20)(H2,18,19,21,22). The summed E-state index contributed by atoms with van der Waals surface area (Å²) in [5.41, 5.74) is 1.37. The van der Waals surface area contributed by atoms with Crippen molar-refractivity contribution in [3.63, 3.8) is 0 Å². The molecule has 4 amide bonds. The number of imide groups is 1. The van der Waals surface area contributed by atoms with Gasteiger partial charge < -0.3 is 10.6 Å². The molecule has 8 nitrogen and oxygen atoms in total. The van der Waals surface area contributed by atoms with E-state index in [4.69, 9.17) is 0 Å². The van der Waals surface area contributed by atoms with Crippen molar-refractivity contribution in [3.8, 4) is 0 Å². The molecule has 0 bridgehead atoms. The second kappa shape index (κ2) is 5.60. The number of nitrogens with one attached hydrogen (secondary N) is 3. The topological polar surface area (TPSA) is 113 Å². The Hall–Kier alpha value is -3.29. The van der Waals surface area contributed by atoms with Crippen LogP contribution in [0.5, 0.6) is 0 Å². The molecule has 1 aliphatic heterocycles. The molecule has 3 rings (SSSR count). The summed E-state index contributed by atoms with van der Waals surface area (Å²) in [6.45, 7) is 0. The predicted molar refractivity (Wildman–Crippen MR) is 75.8 cm³/mol. The fourth-order valence-electron chi connectivity index (χ4n) is 2.02. The Labute approximate surface area is 125 Å². The average molecular weight is 297 g/mol. The minimum Gasteiger partial charge on any atom is -0.322 e. The minimum absolute atomic E-state index is 0.203. The molecule has 0 radical (unpaired) electrons. The molecule has 1 fully saturated rings. The molecule has 22 heavy (non-hydrogen) atoms. The molecular weight excluding hydrogens is 286 g/mol. The van der Waals surface area contributed by atoms with Crippen molar-refractivity contribution >= 4 is 23.5 Å². The quantitative estimate of drug-likeness (QED) is 0.718. The van der Waals surface area contributed by atoms with Crippen molar-refractivity contribution in [2.24, 2.45) is 0 Å². The first-order valence-electron chi connectivity index (χ1n) is 6.42. The second-order valence-corrected chi connectivity index (χ2v) is 4.56. The van der Waals surface area contributed by atoms with E-state index in [1.165, 1.54) is 18.6 Å². The van der Waals surface area contributed by atoms with Crippen LogP contribution in [0.4, 0.5) is 10.5 Å². The van der Waals surface area contributed by atoms with E-state index >= 15 is 0 Å². The van der Waals surface area contributed by atoms with Crippen molar-refractivity contribution in [1.29, 1.82) is 0 Å². The van der Waals surface area contributed by atoms with Gasteiger partial charge in [0.1, 0.15) is 11.7 Å². The van der Waals surface area contributed by atoms with Gasteiger partial charge in [-0.1, -0.05) is 12.1 Å². The van der Waals surface area contributed by atoms with Crippen LogP contribution in [0.1, 0.15) is 22.1 Å². The van der Waals surface area contributed by atoms with E-state index in [9.17, 15) is 14.4 Å². The van der Waals surface area contributed by atoms with Crippen LogP contribution >= 0.6 is 0 Å². The summed E-state index contributed by atoms with van der Waals surface area (Å²) in [6.07, 6.45) is 4.27. The highest BCUT2D eigenvalue weighted by Crippen LogP contribution is 2.19. The lowest BCUT2D eigenvalue weighted by molar-refractivity contribution is -0.120. The number of rotatable bonds is 3. The number of carbonyl (C=O) groups excluding carboxylic acids is 3. The van der Waals surface area contributed by atoms with Gasteiger partial charge in [-0.25, -0.2) is 9.78 Å². The second-order valence-electron chi connectivity index (χ2n) is 4.56. The van der Waals surface area contributed by atoms with Gasteiger partial charge >= 0.3 is 6.03 Å². The van der Waals surface area contributed by atoms with E-state index in [-0.39, 0.29) is 11.6 Å². The third kappa shape index (κ3) is 2.75. The van der Waals surface area contributed by atoms with Gasteiger partial charge in [-0.2, -0.15) is 0 Å². The molecule has 1 atom stereocenters. The molecule has 1 aromatic carbocycles. The first-order chi connectivity index (χ1) is 10.6. The Balaban J connectivity index is 1.71. The van der Waals surface area contributed by atoms with Gasteiger partial charge in [-0.05, 0) is 17.7 Å². The average Bonchev–Trinajstić information content (AvgIpc) is 2.87. The minimum atomic E-state index is -0.711. The van der Waals surface area contributed by atoms with Crippen LogP contribution in [0.3, 0.4) is 0 Å². The molecule has 1 saturated heterocycles. The fourth-order valence-corrected chi connectivity index (χ4v) is 2.02. The zero-order valence-electron chi connectivity index (χ0n) is 11.2. The number of urea groups is 1. The number of carbonyl (C=O) groups is 3. The number of nitrogens with zero attached hydrogens (tertiary/aromatic N) is 2. The maximum Gasteiger partial charge on any atom is 0.322 e. The number of benzene rings is 1. The third-order valence-electron chi connectivity index (χ3n) is 3.07. The first-order valence-corrected chi connectivity index (χ1v) is 6.42. The summed E-state index contributed by atoms with van der Waals surface area (Å²) >= 11 is 0. The van der Waals surface area contributed by atoms with Crippen molar-refractivity contribution in [3.05, 3.63) is 54.1 Å². The molecule has 110 valence electrons. The lowest BCUT2D eigenvalue weighted by Crippen LogP contribution is -2.22. The van der Waals surface area contributed by atoms with E-state index in [1.54, 1.807) is 24.3 Å². The summed E-state index contributed by atoms with van der Waals surface area (Å²) in [5.74, 6) is -0.783. The van der Waals surface area contributed by atoms with Gasteiger partial charge in [0, 0.05) is 18.1 Å². The van der Waals surface area contributed by atoms with E-state index in [2.05, 4.69) is 25.9 Å². The smallest absolute Gasteiger partial charge is 0.322 e. The van der Waals surface area contributed by atoms with Crippen LogP contribution in [0.25, 0.3) is 0 Å². The van der Waals surface area contributed by atoms with Crippen molar-refractivity contribution in [2.45, 2.75) is 6.04 Å². The Kier molecular flexibility index (Phi) is 3.48. The van der Waals surface area contributed by atoms with Crippen LogP contribution in [0.15, 0.2) is 42.9 Å². The van der Waals surface area contributed by atoms with Gasteiger partial charge in [0.25, 0.3) is 11.8 Å². The number of hydrogen-bond donors (Lipinski definition) is 3. The van der Waals surface area contributed by atoms with Gasteiger partial charge in [0.2, 0.25) is 0 Å². The highest BCUT2D eigenvalue weighted by atomic mass is 16.2. The number of anilines is 1. The maximum absolute atomic E-state index is 11.9. The van der Waals surface area contributed by atoms with E-state index < -0.39 is 18.0 Å². The molecule has 8 heteroatoms. The SMILES string of the molecule is O=C1NC(=O)C(c2ccc(NC(=O)c3cnccn3)cc2)N1. The van der Waals surface area contributed by atoms with Crippen molar-refractivity contribution in [2.75, 3.05) is 5.32 Å². The van der Waals surface area contributed by atoms with Crippen LogP contribution in [0.2, 0.25) is 0 Å². The first kappa shape index (κ1) is 13.7. The summed E-state index contributed by atoms with van der Waals surface area (Å²) in [4.78, 5) is 42.3. The number of hydrogen-bond acceptors (Lipinski definition) is 5.